The molecule has 0 aromatic carbocycles. The zero-order valence-electron chi connectivity index (χ0n) is 8.71. The summed E-state index contributed by atoms with van der Waals surface area (Å²) in [5.41, 5.74) is 0.0557. The molecule has 0 aromatic heterocycles. The molecule has 3 heteroatoms. The molecule has 1 rings (SSSR count). The smallest absolute Gasteiger partial charge is 0.105 e. The van der Waals surface area contributed by atoms with Crippen LogP contribution in [0.15, 0.2) is 12.3 Å². The maximum atomic E-state index is 9.39. The molecule has 0 spiro atoms. The van der Waals surface area contributed by atoms with E-state index in [1.165, 1.54) is 0 Å². The minimum absolute atomic E-state index is 0.0475. The average molecular weight is 185 g/mol. The zero-order valence-corrected chi connectivity index (χ0v) is 8.71. The second-order valence-electron chi connectivity index (χ2n) is 4.45. The van der Waals surface area contributed by atoms with E-state index in [-0.39, 0.29) is 17.3 Å². The largest absolute Gasteiger partial charge is 0.511 e. The molecule has 1 fully saturated rings. The monoisotopic (exact) mass is 185 g/mol. The molecule has 3 nitrogen and oxygen atoms in total. The fourth-order valence-electron chi connectivity index (χ4n) is 1.68. The van der Waals surface area contributed by atoms with Crippen LogP contribution >= 0.6 is 0 Å². The number of ether oxygens (including phenoxy) is 1. The third-order valence-electron chi connectivity index (χ3n) is 2.37. The van der Waals surface area contributed by atoms with E-state index in [2.05, 4.69) is 32.3 Å². The third kappa shape index (κ3) is 2.45. The molecule has 0 bridgehead atoms. The van der Waals surface area contributed by atoms with Crippen molar-refractivity contribution in [2.75, 3.05) is 19.8 Å². The molecule has 1 atom stereocenters. The maximum Gasteiger partial charge on any atom is 0.105 e. The zero-order chi connectivity index (χ0) is 10.1. The van der Waals surface area contributed by atoms with Crippen molar-refractivity contribution in [3.63, 3.8) is 0 Å². The fraction of sp³-hybridized carbons (Fsp3) is 0.800. The Kier molecular flexibility index (Phi) is 2.98. The quantitative estimate of drug-likeness (QED) is 0.629. The molecule has 1 saturated heterocycles. The van der Waals surface area contributed by atoms with Gasteiger partial charge in [-0.05, 0) is 20.8 Å². The van der Waals surface area contributed by atoms with E-state index in [9.17, 15) is 5.11 Å². The summed E-state index contributed by atoms with van der Waals surface area (Å²) in [5.74, 6) is 0.203. The minimum Gasteiger partial charge on any atom is -0.511 e. The molecule has 0 saturated carbocycles. The molecule has 76 valence electrons. The van der Waals surface area contributed by atoms with Crippen LogP contribution in [0.5, 0.6) is 0 Å². The highest BCUT2D eigenvalue weighted by Gasteiger charge is 2.33. The lowest BCUT2D eigenvalue weighted by atomic mass is 10.0. The van der Waals surface area contributed by atoms with Crippen LogP contribution in [0.1, 0.15) is 20.8 Å². The molecular formula is C10H19NO2. The van der Waals surface area contributed by atoms with Crippen molar-refractivity contribution in [3.05, 3.63) is 12.3 Å². The van der Waals surface area contributed by atoms with Gasteiger partial charge < -0.3 is 9.84 Å². The summed E-state index contributed by atoms with van der Waals surface area (Å²) in [6.07, 6.45) is 0. The molecule has 1 aliphatic heterocycles. The standard InChI is InChI=1S/C10H19NO2/c1-8(12)9-7-13-6-5-11(9)10(2,3)4/h9,12H,1,5-7H2,2-4H3/t9-/m0/s1. The van der Waals surface area contributed by atoms with Crippen molar-refractivity contribution >= 4 is 0 Å². The van der Waals surface area contributed by atoms with Gasteiger partial charge in [0.25, 0.3) is 0 Å². The second kappa shape index (κ2) is 3.68. The van der Waals surface area contributed by atoms with E-state index < -0.39 is 0 Å². The number of nitrogens with zero attached hydrogens (tertiary/aromatic N) is 1. The van der Waals surface area contributed by atoms with Crippen LogP contribution in [0, 0.1) is 0 Å². The molecule has 0 unspecified atom stereocenters. The van der Waals surface area contributed by atoms with E-state index in [4.69, 9.17) is 4.74 Å². The molecule has 1 aliphatic rings. The first-order chi connectivity index (χ1) is 5.93. The lowest BCUT2D eigenvalue weighted by Crippen LogP contribution is -2.55. The van der Waals surface area contributed by atoms with Gasteiger partial charge in [-0.15, -0.1) is 0 Å². The summed E-state index contributed by atoms with van der Waals surface area (Å²) >= 11 is 0. The lowest BCUT2D eigenvalue weighted by molar-refractivity contribution is -0.0474. The molecule has 0 amide bonds. The van der Waals surface area contributed by atoms with Crippen LogP contribution in [0.25, 0.3) is 0 Å². The Morgan fingerprint density at radius 2 is 2.15 bits per heavy atom. The Labute approximate surface area is 80.0 Å². The van der Waals surface area contributed by atoms with Gasteiger partial charge in [-0.25, -0.2) is 0 Å². The minimum atomic E-state index is -0.0475. The van der Waals surface area contributed by atoms with Gasteiger partial charge >= 0.3 is 0 Å². The molecule has 0 aliphatic carbocycles. The first-order valence-electron chi connectivity index (χ1n) is 4.65. The number of morpholine rings is 1. The Hall–Kier alpha value is -0.540. The van der Waals surface area contributed by atoms with Crippen molar-refractivity contribution in [1.82, 2.24) is 4.90 Å². The van der Waals surface area contributed by atoms with Gasteiger partial charge in [-0.1, -0.05) is 6.58 Å². The van der Waals surface area contributed by atoms with E-state index in [1.807, 2.05) is 0 Å². The summed E-state index contributed by atoms with van der Waals surface area (Å²) in [6.45, 7) is 12.1. The van der Waals surface area contributed by atoms with E-state index in [0.29, 0.717) is 6.61 Å². The second-order valence-corrected chi connectivity index (χ2v) is 4.45. The Bertz CT molecular complexity index is 196. The van der Waals surface area contributed by atoms with E-state index in [1.54, 1.807) is 0 Å². The van der Waals surface area contributed by atoms with Gasteiger partial charge in [0, 0.05) is 12.1 Å². The van der Waals surface area contributed by atoms with Crippen LogP contribution < -0.4 is 0 Å². The summed E-state index contributed by atoms with van der Waals surface area (Å²) in [4.78, 5) is 2.22. The number of rotatable bonds is 1. The van der Waals surface area contributed by atoms with Gasteiger partial charge in [-0.2, -0.15) is 0 Å². The first-order valence-corrected chi connectivity index (χ1v) is 4.65. The number of hydrogen-bond donors (Lipinski definition) is 1. The van der Waals surface area contributed by atoms with Crippen LogP contribution in [0.3, 0.4) is 0 Å². The number of aliphatic hydroxyl groups is 1. The van der Waals surface area contributed by atoms with E-state index in [0.717, 1.165) is 13.2 Å². The first kappa shape index (κ1) is 10.5. The normalized spacial score (nSPS) is 25.9. The Balaban J connectivity index is 2.73. The predicted molar refractivity (Wildman–Crippen MR) is 52.8 cm³/mol. The van der Waals surface area contributed by atoms with Gasteiger partial charge in [0.2, 0.25) is 0 Å². The van der Waals surface area contributed by atoms with E-state index >= 15 is 0 Å². The third-order valence-corrected chi connectivity index (χ3v) is 2.37. The highest BCUT2D eigenvalue weighted by Crippen LogP contribution is 2.22. The van der Waals surface area contributed by atoms with Crippen molar-refractivity contribution in [1.29, 1.82) is 0 Å². The van der Waals surface area contributed by atoms with Crippen molar-refractivity contribution < 1.29 is 9.84 Å². The summed E-state index contributed by atoms with van der Waals surface area (Å²) in [6, 6.07) is -0.0475. The van der Waals surface area contributed by atoms with Gasteiger partial charge in [0.05, 0.1) is 19.3 Å². The summed E-state index contributed by atoms with van der Waals surface area (Å²) < 4.78 is 5.31. The van der Waals surface area contributed by atoms with Gasteiger partial charge in [0.15, 0.2) is 0 Å². The molecule has 0 radical (unpaired) electrons. The summed E-state index contributed by atoms with van der Waals surface area (Å²) in [7, 11) is 0. The summed E-state index contributed by atoms with van der Waals surface area (Å²) in [5, 5.41) is 9.39. The van der Waals surface area contributed by atoms with Crippen molar-refractivity contribution in [2.24, 2.45) is 0 Å². The highest BCUT2D eigenvalue weighted by atomic mass is 16.5. The van der Waals surface area contributed by atoms with Gasteiger partial charge in [0.1, 0.15) is 5.76 Å². The molecule has 0 aromatic rings. The van der Waals surface area contributed by atoms with Crippen LogP contribution in [0.2, 0.25) is 0 Å². The number of hydrogen-bond acceptors (Lipinski definition) is 3. The van der Waals surface area contributed by atoms with Crippen LogP contribution in [-0.2, 0) is 4.74 Å². The fourth-order valence-corrected chi connectivity index (χ4v) is 1.68. The predicted octanol–water partition coefficient (Wildman–Crippen LogP) is 1.56. The van der Waals surface area contributed by atoms with Crippen LogP contribution in [0.4, 0.5) is 0 Å². The van der Waals surface area contributed by atoms with Crippen molar-refractivity contribution in [2.45, 2.75) is 32.4 Å². The maximum absolute atomic E-state index is 9.39. The number of aliphatic hydroxyl groups excluding tert-OH is 1. The lowest BCUT2D eigenvalue weighted by Gasteiger charge is -2.43. The molecule has 1 N–H and O–H groups in total. The Morgan fingerprint density at radius 3 is 2.54 bits per heavy atom. The van der Waals surface area contributed by atoms with Crippen molar-refractivity contribution in [3.8, 4) is 0 Å². The topological polar surface area (TPSA) is 32.7 Å². The Morgan fingerprint density at radius 1 is 1.54 bits per heavy atom. The van der Waals surface area contributed by atoms with Gasteiger partial charge in [-0.3, -0.25) is 4.90 Å². The SMILES string of the molecule is C=C(O)[C@@H]1COCCN1C(C)(C)C. The molecule has 1 heterocycles. The van der Waals surface area contributed by atoms with Crippen LogP contribution in [-0.4, -0.2) is 41.3 Å². The average Bonchev–Trinajstić information content (AvgIpc) is 2.03. The molecular weight excluding hydrogens is 166 g/mol. The highest BCUT2D eigenvalue weighted by molar-refractivity contribution is 5.01. The molecule has 13 heavy (non-hydrogen) atoms.